The number of oxazole rings is 1. The summed E-state index contributed by atoms with van der Waals surface area (Å²) in [5, 5.41) is 14.3. The van der Waals surface area contributed by atoms with Crippen LogP contribution in [0.4, 0.5) is 5.95 Å². The first-order chi connectivity index (χ1) is 7.25. The lowest BCUT2D eigenvalue weighted by Crippen LogP contribution is -2.04. The summed E-state index contributed by atoms with van der Waals surface area (Å²) in [6.45, 7) is 0. The molecule has 0 fully saturated rings. The predicted molar refractivity (Wildman–Crippen MR) is 48.5 cm³/mol. The second-order valence-electron chi connectivity index (χ2n) is 3.54. The quantitative estimate of drug-likeness (QED) is 0.517. The molecule has 1 aliphatic rings. The lowest BCUT2D eigenvalue weighted by Gasteiger charge is -2.06. The summed E-state index contributed by atoms with van der Waals surface area (Å²) in [5.74, 6) is 0.696. The third-order valence-electron chi connectivity index (χ3n) is 2.59. The molecule has 0 amide bonds. The van der Waals surface area contributed by atoms with E-state index in [1.54, 1.807) is 0 Å². The van der Waals surface area contributed by atoms with Gasteiger partial charge in [0.15, 0.2) is 0 Å². The normalized spacial score (nSPS) is 15.5. The van der Waals surface area contributed by atoms with Crippen molar-refractivity contribution in [3.63, 3.8) is 0 Å². The molecule has 0 radical (unpaired) electrons. The van der Waals surface area contributed by atoms with Crippen LogP contribution in [0.2, 0.25) is 0 Å². The van der Waals surface area contributed by atoms with Crippen molar-refractivity contribution in [3.05, 3.63) is 21.6 Å². The van der Waals surface area contributed by atoms with Gasteiger partial charge in [0.2, 0.25) is 0 Å². The molecule has 2 heterocycles. The van der Waals surface area contributed by atoms with E-state index in [-0.39, 0.29) is 5.84 Å². The molecule has 78 valence electrons. The highest BCUT2D eigenvalue weighted by molar-refractivity contribution is 5.33. The summed E-state index contributed by atoms with van der Waals surface area (Å²) in [4.78, 5) is 13.6. The molecule has 7 heteroatoms. The van der Waals surface area contributed by atoms with Crippen LogP contribution in [0, 0.1) is 10.1 Å². The first-order valence-corrected chi connectivity index (χ1v) is 4.77. The van der Waals surface area contributed by atoms with E-state index < -0.39 is 10.9 Å². The van der Waals surface area contributed by atoms with Gasteiger partial charge < -0.3 is 14.5 Å². The molecule has 0 saturated carbocycles. The van der Waals surface area contributed by atoms with Gasteiger partial charge in [0.1, 0.15) is 11.5 Å². The van der Waals surface area contributed by atoms with Crippen molar-refractivity contribution >= 4 is 11.8 Å². The molecule has 0 N–H and O–H groups in total. The lowest BCUT2D eigenvalue weighted by atomic mass is 10.0. The summed E-state index contributed by atoms with van der Waals surface area (Å²) in [7, 11) is 0. The Hall–Kier alpha value is -1.92. The smallest absolute Gasteiger partial charge is 0.413 e. The van der Waals surface area contributed by atoms with Crippen LogP contribution in [0.1, 0.15) is 24.3 Å². The first kappa shape index (κ1) is 8.39. The average molecular weight is 208 g/mol. The van der Waals surface area contributed by atoms with E-state index in [1.807, 2.05) is 0 Å². The zero-order valence-electron chi connectivity index (χ0n) is 7.84. The number of rotatable bonds is 1. The molecule has 2 aromatic heterocycles. The second-order valence-corrected chi connectivity index (χ2v) is 3.54. The van der Waals surface area contributed by atoms with Gasteiger partial charge in [0.05, 0.1) is 0 Å². The fraction of sp³-hybridized carbons (Fsp3) is 0.500. The van der Waals surface area contributed by atoms with E-state index in [1.165, 1.54) is 4.52 Å². The van der Waals surface area contributed by atoms with Gasteiger partial charge in [-0.05, 0) is 29.2 Å². The third kappa shape index (κ3) is 1.12. The van der Waals surface area contributed by atoms with E-state index in [4.69, 9.17) is 4.42 Å². The van der Waals surface area contributed by atoms with E-state index in [0.29, 0.717) is 0 Å². The Labute approximate surface area is 83.9 Å². The van der Waals surface area contributed by atoms with Crippen LogP contribution in [0.15, 0.2) is 4.42 Å². The van der Waals surface area contributed by atoms with Gasteiger partial charge in [0.25, 0.3) is 0 Å². The fourth-order valence-corrected chi connectivity index (χ4v) is 1.91. The van der Waals surface area contributed by atoms with Crippen molar-refractivity contribution in [1.82, 2.24) is 14.6 Å². The molecule has 0 bridgehead atoms. The van der Waals surface area contributed by atoms with Gasteiger partial charge in [-0.25, -0.2) is 0 Å². The van der Waals surface area contributed by atoms with Gasteiger partial charge in [-0.1, -0.05) is 0 Å². The SMILES string of the molecule is O=[N+]([O-])c1nc2oc3c(n2n1)CCCC3. The van der Waals surface area contributed by atoms with Crippen LogP contribution in [0.25, 0.3) is 5.84 Å². The van der Waals surface area contributed by atoms with Gasteiger partial charge >= 0.3 is 11.8 Å². The minimum atomic E-state index is -0.613. The number of nitrogens with zero attached hydrogens (tertiary/aromatic N) is 4. The van der Waals surface area contributed by atoms with Crippen molar-refractivity contribution in [3.8, 4) is 0 Å². The maximum atomic E-state index is 10.5. The van der Waals surface area contributed by atoms with E-state index >= 15 is 0 Å². The van der Waals surface area contributed by atoms with Crippen molar-refractivity contribution in [1.29, 1.82) is 0 Å². The molecule has 0 aliphatic heterocycles. The topological polar surface area (TPSA) is 86.5 Å². The number of aromatic nitrogens is 3. The van der Waals surface area contributed by atoms with Crippen LogP contribution < -0.4 is 0 Å². The minimum Gasteiger partial charge on any atom is -0.413 e. The highest BCUT2D eigenvalue weighted by atomic mass is 16.6. The Morgan fingerprint density at radius 3 is 3.00 bits per heavy atom. The number of aryl methyl sites for hydroxylation is 2. The summed E-state index contributed by atoms with van der Waals surface area (Å²) >= 11 is 0. The molecular formula is C8H8N4O3. The highest BCUT2D eigenvalue weighted by Gasteiger charge is 2.26. The molecule has 0 spiro atoms. The van der Waals surface area contributed by atoms with Crippen LogP contribution in [-0.2, 0) is 12.8 Å². The standard InChI is InChI=1S/C8H8N4O3/c13-12(14)7-9-8-11(10-7)5-3-1-2-4-6(5)15-8/h1-4H2. The average Bonchev–Trinajstić information content (AvgIpc) is 2.73. The van der Waals surface area contributed by atoms with Gasteiger partial charge in [-0.2, -0.15) is 0 Å². The zero-order chi connectivity index (χ0) is 10.4. The Bertz CT molecular complexity index is 541. The summed E-state index contributed by atoms with van der Waals surface area (Å²) < 4.78 is 6.86. The van der Waals surface area contributed by atoms with Crippen LogP contribution in [-0.4, -0.2) is 19.5 Å². The first-order valence-electron chi connectivity index (χ1n) is 4.77. The number of hydrogen-bond acceptors (Lipinski definition) is 5. The Morgan fingerprint density at radius 1 is 1.40 bits per heavy atom. The molecule has 0 saturated heterocycles. The second kappa shape index (κ2) is 2.78. The van der Waals surface area contributed by atoms with Gasteiger partial charge in [0, 0.05) is 11.5 Å². The molecular weight excluding hydrogens is 200 g/mol. The van der Waals surface area contributed by atoms with Crippen LogP contribution in [0.3, 0.4) is 0 Å². The molecule has 0 aromatic carbocycles. The maximum absolute atomic E-state index is 10.5. The van der Waals surface area contributed by atoms with Gasteiger partial charge in [-0.15, -0.1) is 4.52 Å². The molecule has 15 heavy (non-hydrogen) atoms. The van der Waals surface area contributed by atoms with Crippen molar-refractivity contribution in [2.24, 2.45) is 0 Å². The van der Waals surface area contributed by atoms with E-state index in [2.05, 4.69) is 10.1 Å². The lowest BCUT2D eigenvalue weighted by molar-refractivity contribution is -0.394. The van der Waals surface area contributed by atoms with Crippen LogP contribution in [0.5, 0.6) is 0 Å². The molecule has 3 rings (SSSR count). The molecule has 7 nitrogen and oxygen atoms in total. The summed E-state index contributed by atoms with van der Waals surface area (Å²) in [6, 6.07) is 0. The highest BCUT2D eigenvalue weighted by Crippen LogP contribution is 2.24. The summed E-state index contributed by atoms with van der Waals surface area (Å²) in [5.41, 5.74) is 0.928. The predicted octanol–water partition coefficient (Wildman–Crippen LogP) is 1.11. The Balaban J connectivity index is 2.21. The van der Waals surface area contributed by atoms with Gasteiger partial charge in [-0.3, -0.25) is 0 Å². The molecule has 0 unspecified atom stereocenters. The van der Waals surface area contributed by atoms with Crippen LogP contribution >= 0.6 is 0 Å². The monoisotopic (exact) mass is 208 g/mol. The van der Waals surface area contributed by atoms with Crippen molar-refractivity contribution < 1.29 is 9.34 Å². The molecule has 1 aliphatic carbocycles. The summed E-state index contributed by atoms with van der Waals surface area (Å²) in [6.07, 6.45) is 3.87. The largest absolute Gasteiger partial charge is 0.494 e. The Morgan fingerprint density at radius 2 is 2.20 bits per heavy atom. The zero-order valence-corrected chi connectivity index (χ0v) is 7.84. The van der Waals surface area contributed by atoms with Crippen molar-refractivity contribution in [2.75, 3.05) is 0 Å². The van der Waals surface area contributed by atoms with E-state index in [9.17, 15) is 10.1 Å². The molecule has 0 atom stereocenters. The molecule has 2 aromatic rings. The fourth-order valence-electron chi connectivity index (χ4n) is 1.91. The minimum absolute atomic E-state index is 0.230. The number of nitro groups is 1. The number of hydrogen-bond donors (Lipinski definition) is 0. The maximum Gasteiger partial charge on any atom is 0.494 e. The third-order valence-corrected chi connectivity index (χ3v) is 2.59. The number of fused-ring (bicyclic) bond motifs is 3. The Kier molecular flexibility index (Phi) is 1.56. The van der Waals surface area contributed by atoms with Crippen molar-refractivity contribution in [2.45, 2.75) is 25.7 Å². The van der Waals surface area contributed by atoms with E-state index in [0.717, 1.165) is 37.1 Å².